The fourth-order valence-corrected chi connectivity index (χ4v) is 4.77. The van der Waals surface area contributed by atoms with E-state index in [9.17, 15) is 19.2 Å². The van der Waals surface area contributed by atoms with Gasteiger partial charge in [-0.15, -0.1) is 0 Å². The van der Waals surface area contributed by atoms with Crippen LogP contribution in [0.4, 0.5) is 10.5 Å². The van der Waals surface area contributed by atoms with Crippen LogP contribution >= 0.6 is 0 Å². The van der Waals surface area contributed by atoms with E-state index in [1.807, 2.05) is 18.7 Å². The largest absolute Gasteiger partial charge is 0.484 e. The molecule has 0 aromatic heterocycles. The van der Waals surface area contributed by atoms with Gasteiger partial charge in [-0.1, -0.05) is 19.9 Å². The van der Waals surface area contributed by atoms with Crippen molar-refractivity contribution in [3.05, 3.63) is 54.1 Å². The number of ether oxygens (including phenoxy) is 3. The van der Waals surface area contributed by atoms with Crippen molar-refractivity contribution in [3.63, 3.8) is 0 Å². The van der Waals surface area contributed by atoms with E-state index >= 15 is 0 Å². The number of piperidine rings is 1. The molecule has 11 heteroatoms. The molecule has 0 saturated carbocycles. The number of nitrogens with zero attached hydrogens (tertiary/aromatic N) is 2. The molecule has 0 spiro atoms. The summed E-state index contributed by atoms with van der Waals surface area (Å²) >= 11 is 0. The molecule has 2 N–H and O–H groups in total. The number of likely N-dealkylation sites (tertiary alicyclic amines) is 1. The quantitative estimate of drug-likeness (QED) is 0.441. The Balaban J connectivity index is 1.28. The third kappa shape index (κ3) is 9.20. The van der Waals surface area contributed by atoms with Crippen LogP contribution < -0.4 is 20.1 Å². The number of carbonyl (C=O) groups is 4. The molecule has 2 aromatic rings. The molecule has 2 aliphatic rings. The second kappa shape index (κ2) is 15.2. The molecule has 225 valence electrons. The van der Waals surface area contributed by atoms with Gasteiger partial charge >= 0.3 is 6.09 Å². The van der Waals surface area contributed by atoms with Crippen molar-refractivity contribution in [1.82, 2.24) is 15.1 Å². The van der Waals surface area contributed by atoms with Gasteiger partial charge in [0.2, 0.25) is 5.91 Å². The lowest BCUT2D eigenvalue weighted by atomic mass is 10.0. The van der Waals surface area contributed by atoms with Gasteiger partial charge in [0.15, 0.2) is 6.61 Å². The number of hydrogen-bond donors (Lipinski definition) is 2. The van der Waals surface area contributed by atoms with Crippen LogP contribution in [0.1, 0.15) is 49.9 Å². The summed E-state index contributed by atoms with van der Waals surface area (Å²) in [6, 6.07) is 13.6. The van der Waals surface area contributed by atoms with E-state index in [0.29, 0.717) is 49.7 Å². The summed E-state index contributed by atoms with van der Waals surface area (Å²) in [5, 5.41) is 5.50. The van der Waals surface area contributed by atoms with Gasteiger partial charge < -0.3 is 34.6 Å². The molecule has 1 radical (unpaired) electrons. The lowest BCUT2D eigenvalue weighted by molar-refractivity contribution is -0.128. The van der Waals surface area contributed by atoms with Crippen LogP contribution in [-0.2, 0) is 14.3 Å². The highest BCUT2D eigenvalue weighted by molar-refractivity contribution is 5.97. The van der Waals surface area contributed by atoms with E-state index in [1.54, 1.807) is 47.4 Å². The molecule has 2 heterocycles. The van der Waals surface area contributed by atoms with Crippen molar-refractivity contribution < 1.29 is 33.4 Å². The molecule has 2 aromatic carbocycles. The summed E-state index contributed by atoms with van der Waals surface area (Å²) < 4.78 is 16.3. The van der Waals surface area contributed by atoms with Crippen LogP contribution in [0.25, 0.3) is 0 Å². The number of hydrogen-bond acceptors (Lipinski definition) is 7. The molecule has 11 nitrogen and oxygen atoms in total. The first-order valence-corrected chi connectivity index (χ1v) is 14.5. The van der Waals surface area contributed by atoms with Crippen molar-refractivity contribution >= 4 is 29.5 Å². The maximum atomic E-state index is 13.1. The van der Waals surface area contributed by atoms with Crippen LogP contribution in [0.15, 0.2) is 42.5 Å². The minimum atomic E-state index is -0.821. The molecule has 1 atom stereocenters. The fourth-order valence-electron chi connectivity index (χ4n) is 4.77. The Morgan fingerprint density at radius 3 is 2.33 bits per heavy atom. The number of carbonyl (C=O) groups excluding carboxylic acids is 4. The minimum Gasteiger partial charge on any atom is -0.484 e. The maximum Gasteiger partial charge on any atom is 0.415 e. The molecule has 2 saturated heterocycles. The highest BCUT2D eigenvalue weighted by atomic mass is 16.6. The first kappa shape index (κ1) is 30.8. The van der Waals surface area contributed by atoms with Crippen LogP contribution in [0.2, 0.25) is 0 Å². The Bertz CT molecular complexity index is 1220. The topological polar surface area (TPSA) is 127 Å². The first-order chi connectivity index (χ1) is 20.3. The van der Waals surface area contributed by atoms with Gasteiger partial charge in [-0.25, -0.2) is 4.79 Å². The predicted molar refractivity (Wildman–Crippen MR) is 155 cm³/mol. The van der Waals surface area contributed by atoms with Crippen molar-refractivity contribution in [3.8, 4) is 11.5 Å². The zero-order chi connectivity index (χ0) is 29.9. The van der Waals surface area contributed by atoms with Crippen molar-refractivity contribution in [1.29, 1.82) is 0 Å². The molecule has 2 aliphatic heterocycles. The van der Waals surface area contributed by atoms with E-state index in [2.05, 4.69) is 16.7 Å². The van der Waals surface area contributed by atoms with Crippen molar-refractivity contribution in [2.24, 2.45) is 5.92 Å². The Morgan fingerprint density at radius 2 is 1.64 bits per heavy atom. The molecule has 42 heavy (non-hydrogen) atoms. The fraction of sp³-hybridized carbons (Fsp3) is 0.484. The number of amides is 4. The average molecular weight is 580 g/mol. The maximum absolute atomic E-state index is 13.1. The number of anilines is 1. The predicted octanol–water partition coefficient (Wildman–Crippen LogP) is 3.49. The SMILES string of the molecule is CC(C)C[C@H](NC(=O)COc1ccc(C(=O)N2CCCCC2)cc1)C(=O)Nc1[c]c(OC(=O)N2CCOCC2)ccc1. The monoisotopic (exact) mass is 579 g/mol. The van der Waals surface area contributed by atoms with E-state index in [1.165, 1.54) is 0 Å². The zero-order valence-corrected chi connectivity index (χ0v) is 24.2. The average Bonchev–Trinajstić information content (AvgIpc) is 3.00. The summed E-state index contributed by atoms with van der Waals surface area (Å²) in [5.74, 6) is -0.141. The molecular weight excluding hydrogens is 540 g/mol. The molecular formula is C31H39N4O7. The molecule has 4 amide bonds. The normalized spacial score (nSPS) is 16.0. The number of benzene rings is 2. The highest BCUT2D eigenvalue weighted by Gasteiger charge is 2.24. The van der Waals surface area contributed by atoms with Crippen LogP contribution in [0.5, 0.6) is 11.5 Å². The molecule has 4 rings (SSSR count). The molecule has 0 bridgehead atoms. The molecule has 2 fully saturated rings. The van der Waals surface area contributed by atoms with Crippen LogP contribution in [-0.4, -0.2) is 85.7 Å². The van der Waals surface area contributed by atoms with Gasteiger partial charge in [-0.3, -0.25) is 14.4 Å². The molecule has 0 unspecified atom stereocenters. The third-order valence-corrected chi connectivity index (χ3v) is 6.97. The second-order valence-corrected chi connectivity index (χ2v) is 10.8. The summed E-state index contributed by atoms with van der Waals surface area (Å²) in [6.07, 6.45) is 3.08. The Morgan fingerprint density at radius 1 is 0.929 bits per heavy atom. The Labute approximate surface area is 246 Å². The van der Waals surface area contributed by atoms with E-state index in [-0.39, 0.29) is 24.2 Å². The number of rotatable bonds is 10. The Hall–Kier alpha value is -4.12. The van der Waals surface area contributed by atoms with E-state index in [4.69, 9.17) is 14.2 Å². The van der Waals surface area contributed by atoms with Gasteiger partial charge in [0.1, 0.15) is 17.5 Å². The van der Waals surface area contributed by atoms with Crippen molar-refractivity contribution in [2.45, 2.75) is 45.6 Å². The van der Waals surface area contributed by atoms with Gasteiger partial charge in [0.05, 0.1) is 25.0 Å². The Kier molecular flexibility index (Phi) is 11.2. The van der Waals surface area contributed by atoms with Gasteiger partial charge in [-0.2, -0.15) is 0 Å². The zero-order valence-electron chi connectivity index (χ0n) is 24.2. The summed E-state index contributed by atoms with van der Waals surface area (Å²) in [7, 11) is 0. The standard InChI is InChI=1S/C31H39N4O7/c1-22(2)19-27(29(37)32-24-7-6-8-26(20-24)42-31(39)35-15-17-40-18-16-35)33-28(36)21-41-25-11-9-23(10-12-25)30(38)34-13-4-3-5-14-34/h6-12,22,27H,3-5,13-19,21H2,1-2H3,(H,32,37)(H,33,36)/t27-/m0/s1. The summed E-state index contributed by atoms with van der Waals surface area (Å²) in [6.45, 7) is 6.95. The van der Waals surface area contributed by atoms with Crippen LogP contribution in [0.3, 0.4) is 0 Å². The highest BCUT2D eigenvalue weighted by Crippen LogP contribution is 2.19. The summed E-state index contributed by atoms with van der Waals surface area (Å²) in [4.78, 5) is 54.3. The van der Waals surface area contributed by atoms with E-state index < -0.39 is 23.9 Å². The molecule has 0 aliphatic carbocycles. The van der Waals surface area contributed by atoms with Gasteiger partial charge in [-0.05, 0) is 68.0 Å². The third-order valence-electron chi connectivity index (χ3n) is 6.97. The number of morpholine rings is 1. The second-order valence-electron chi connectivity index (χ2n) is 10.8. The summed E-state index contributed by atoms with van der Waals surface area (Å²) in [5.41, 5.74) is 0.893. The minimum absolute atomic E-state index is 0.000391. The van der Waals surface area contributed by atoms with E-state index in [0.717, 1.165) is 32.4 Å². The lowest BCUT2D eigenvalue weighted by Gasteiger charge is -2.26. The van der Waals surface area contributed by atoms with Gasteiger partial charge in [0.25, 0.3) is 11.8 Å². The smallest absolute Gasteiger partial charge is 0.415 e. The van der Waals surface area contributed by atoms with Gasteiger partial charge in [0, 0.05) is 31.7 Å². The van der Waals surface area contributed by atoms with Crippen LogP contribution in [0, 0.1) is 12.0 Å². The lowest BCUT2D eigenvalue weighted by Crippen LogP contribution is -2.46. The number of nitrogens with one attached hydrogen (secondary N) is 2. The van der Waals surface area contributed by atoms with Crippen molar-refractivity contribution in [2.75, 3.05) is 51.3 Å². The first-order valence-electron chi connectivity index (χ1n) is 14.5.